The second-order valence-electron chi connectivity index (χ2n) is 12.1. The summed E-state index contributed by atoms with van der Waals surface area (Å²) in [5.74, 6) is -0.101. The number of ether oxygens (including phenoxy) is 2. The number of nitrogens with zero attached hydrogens (tertiary/aromatic N) is 3. The molecule has 10 nitrogen and oxygen atoms in total. The summed E-state index contributed by atoms with van der Waals surface area (Å²) < 4.78 is 41.6. The lowest BCUT2D eigenvalue weighted by molar-refractivity contribution is -0.0177. The van der Waals surface area contributed by atoms with E-state index in [4.69, 9.17) is 21.1 Å². The van der Waals surface area contributed by atoms with Gasteiger partial charge in [-0.2, -0.15) is 0 Å². The van der Waals surface area contributed by atoms with Gasteiger partial charge in [0.05, 0.1) is 35.3 Å². The predicted molar refractivity (Wildman–Crippen MR) is 180 cm³/mol. The molecule has 0 bridgehead atoms. The molecular weight excluding hydrogens is 628 g/mol. The van der Waals surface area contributed by atoms with Crippen LogP contribution in [0.1, 0.15) is 56.0 Å². The molecule has 1 amide bonds. The SMILES string of the molecule is C[C@@H]1CCCCO[C@@H](CN(C)Cc2ccncc2)[C@@H](C)CN([C@@H](C)CO)C(=O)c2cc(NS(=O)(=O)c3ccc(Cl)cc3)ccc2O1. The van der Waals surface area contributed by atoms with Crippen molar-refractivity contribution in [1.82, 2.24) is 14.8 Å². The first-order valence-electron chi connectivity index (χ1n) is 15.7. The fourth-order valence-corrected chi connectivity index (χ4v) is 6.62. The molecule has 0 fully saturated rings. The molecule has 0 aliphatic carbocycles. The predicted octanol–water partition coefficient (Wildman–Crippen LogP) is 5.46. The van der Waals surface area contributed by atoms with Crippen LogP contribution in [-0.4, -0.2) is 85.8 Å². The number of anilines is 1. The van der Waals surface area contributed by atoms with Gasteiger partial charge in [-0.15, -0.1) is 0 Å². The van der Waals surface area contributed by atoms with Gasteiger partial charge in [-0.3, -0.25) is 19.4 Å². The number of pyridine rings is 1. The molecular formula is C34H45ClN4O6S. The van der Waals surface area contributed by atoms with Crippen LogP contribution < -0.4 is 9.46 Å². The summed E-state index contributed by atoms with van der Waals surface area (Å²) in [6.07, 6.45) is 5.67. The van der Waals surface area contributed by atoms with Gasteiger partial charge in [-0.1, -0.05) is 18.5 Å². The van der Waals surface area contributed by atoms with E-state index in [1.165, 1.54) is 30.3 Å². The van der Waals surface area contributed by atoms with E-state index < -0.39 is 16.1 Å². The lowest BCUT2D eigenvalue weighted by Crippen LogP contribution is -2.47. The minimum absolute atomic E-state index is 0.0393. The molecule has 2 N–H and O–H groups in total. The maximum Gasteiger partial charge on any atom is 0.261 e. The van der Waals surface area contributed by atoms with Gasteiger partial charge in [0.1, 0.15) is 5.75 Å². The lowest BCUT2D eigenvalue weighted by atomic mass is 10.0. The second kappa shape index (κ2) is 16.6. The average Bonchev–Trinajstić information content (AvgIpc) is 3.03. The number of likely N-dealkylation sites (N-methyl/N-ethyl adjacent to an activating group) is 1. The van der Waals surface area contributed by atoms with Crippen LogP contribution >= 0.6 is 11.6 Å². The van der Waals surface area contributed by atoms with Crippen LogP contribution in [0.4, 0.5) is 5.69 Å². The van der Waals surface area contributed by atoms with Gasteiger partial charge < -0.3 is 19.5 Å². The molecule has 0 saturated heterocycles. The standard InChI is InChI=1S/C34H45ClN4O6S/c1-24-20-39(25(2)23-40)34(41)31-19-29(37-46(42,43)30-11-8-28(35)9-12-30)10-13-32(31)45-26(3)7-5-6-18-44-33(24)22-38(4)21-27-14-16-36-17-15-27/h8-17,19,24-26,33,37,40H,5-7,18,20-23H2,1-4H3/t24-,25-,26+,33-/m0/s1. The molecule has 250 valence electrons. The van der Waals surface area contributed by atoms with E-state index in [-0.39, 0.29) is 46.8 Å². The molecule has 1 aliphatic rings. The molecule has 2 aromatic carbocycles. The van der Waals surface area contributed by atoms with E-state index in [0.29, 0.717) is 30.5 Å². The van der Waals surface area contributed by atoms with E-state index in [1.54, 1.807) is 36.4 Å². The molecule has 1 aromatic heterocycles. The van der Waals surface area contributed by atoms with E-state index >= 15 is 0 Å². The normalized spacial score (nSPS) is 20.8. The molecule has 12 heteroatoms. The number of amides is 1. The number of fused-ring (bicyclic) bond motifs is 1. The van der Waals surface area contributed by atoms with Gasteiger partial charge in [-0.25, -0.2) is 8.42 Å². The molecule has 0 spiro atoms. The molecule has 46 heavy (non-hydrogen) atoms. The van der Waals surface area contributed by atoms with Crippen molar-refractivity contribution in [2.45, 2.75) is 69.7 Å². The minimum atomic E-state index is -3.96. The number of carbonyl (C=O) groups excluding carboxylic acids is 1. The molecule has 0 radical (unpaired) electrons. The fourth-order valence-electron chi connectivity index (χ4n) is 5.45. The molecule has 1 aliphatic heterocycles. The van der Waals surface area contributed by atoms with Gasteiger partial charge in [0, 0.05) is 55.3 Å². The van der Waals surface area contributed by atoms with E-state index in [2.05, 4.69) is 21.5 Å². The van der Waals surface area contributed by atoms with Gasteiger partial charge in [0.2, 0.25) is 0 Å². The monoisotopic (exact) mass is 672 g/mol. The van der Waals surface area contributed by atoms with Crippen LogP contribution in [0.2, 0.25) is 5.02 Å². The molecule has 0 unspecified atom stereocenters. The number of aliphatic hydroxyl groups excluding tert-OH is 1. The smallest absolute Gasteiger partial charge is 0.261 e. The van der Waals surface area contributed by atoms with Crippen molar-refractivity contribution >= 4 is 33.2 Å². The molecule has 0 saturated carbocycles. The Balaban J connectivity index is 1.64. The van der Waals surface area contributed by atoms with E-state index in [0.717, 1.165) is 31.4 Å². The van der Waals surface area contributed by atoms with Crippen molar-refractivity contribution in [2.24, 2.45) is 5.92 Å². The Bertz CT molecular complexity index is 1530. The Morgan fingerprint density at radius 3 is 2.52 bits per heavy atom. The zero-order valence-electron chi connectivity index (χ0n) is 26.9. The van der Waals surface area contributed by atoms with Crippen LogP contribution in [0, 0.1) is 5.92 Å². The van der Waals surface area contributed by atoms with Crippen LogP contribution in [0.15, 0.2) is 71.9 Å². The van der Waals surface area contributed by atoms with Crippen molar-refractivity contribution in [3.05, 3.63) is 83.1 Å². The Kier molecular flexibility index (Phi) is 12.8. The van der Waals surface area contributed by atoms with Crippen LogP contribution in [0.5, 0.6) is 5.75 Å². The van der Waals surface area contributed by atoms with Crippen LogP contribution in [-0.2, 0) is 21.3 Å². The lowest BCUT2D eigenvalue weighted by Gasteiger charge is -2.36. The van der Waals surface area contributed by atoms with Gasteiger partial charge in [0.15, 0.2) is 0 Å². The zero-order chi connectivity index (χ0) is 33.3. The number of rotatable bonds is 9. The number of hydrogen-bond donors (Lipinski definition) is 2. The summed E-state index contributed by atoms with van der Waals surface area (Å²) in [7, 11) is -1.91. The van der Waals surface area contributed by atoms with E-state index in [9.17, 15) is 18.3 Å². The zero-order valence-corrected chi connectivity index (χ0v) is 28.5. The van der Waals surface area contributed by atoms with Crippen molar-refractivity contribution in [2.75, 3.05) is 38.1 Å². The second-order valence-corrected chi connectivity index (χ2v) is 14.2. The Morgan fingerprint density at radius 1 is 1.11 bits per heavy atom. The summed E-state index contributed by atoms with van der Waals surface area (Å²) in [6, 6.07) is 14.0. The maximum absolute atomic E-state index is 14.3. The van der Waals surface area contributed by atoms with Crippen molar-refractivity contribution in [3.63, 3.8) is 0 Å². The van der Waals surface area contributed by atoms with Crippen molar-refractivity contribution in [3.8, 4) is 5.75 Å². The highest BCUT2D eigenvalue weighted by Crippen LogP contribution is 2.30. The Morgan fingerprint density at radius 2 is 1.83 bits per heavy atom. The van der Waals surface area contributed by atoms with Crippen LogP contribution in [0.3, 0.4) is 0 Å². The third kappa shape index (κ3) is 9.89. The van der Waals surface area contributed by atoms with Crippen molar-refractivity contribution in [1.29, 1.82) is 0 Å². The number of benzene rings is 2. The average molecular weight is 673 g/mol. The molecule has 2 heterocycles. The molecule has 4 rings (SSSR count). The number of hydrogen-bond acceptors (Lipinski definition) is 8. The summed E-state index contributed by atoms with van der Waals surface area (Å²) in [4.78, 5) is 22.3. The summed E-state index contributed by atoms with van der Waals surface area (Å²) in [6.45, 7) is 7.80. The van der Waals surface area contributed by atoms with Gasteiger partial charge in [0.25, 0.3) is 15.9 Å². The highest BCUT2D eigenvalue weighted by atomic mass is 35.5. The first-order valence-corrected chi connectivity index (χ1v) is 17.5. The number of sulfonamides is 1. The Hall–Kier alpha value is -3.22. The molecule has 3 aromatic rings. The summed E-state index contributed by atoms with van der Waals surface area (Å²) in [5.41, 5.74) is 1.56. The van der Waals surface area contributed by atoms with Crippen molar-refractivity contribution < 1.29 is 27.8 Å². The first kappa shape index (κ1) is 35.6. The number of aliphatic hydroxyl groups is 1. The Labute approximate surface area is 277 Å². The fraction of sp³-hybridized carbons (Fsp3) is 0.471. The summed E-state index contributed by atoms with van der Waals surface area (Å²) in [5, 5.41) is 10.6. The number of carbonyl (C=O) groups is 1. The third-order valence-electron chi connectivity index (χ3n) is 8.12. The highest BCUT2D eigenvalue weighted by Gasteiger charge is 2.30. The highest BCUT2D eigenvalue weighted by molar-refractivity contribution is 7.92. The molecule has 4 atom stereocenters. The topological polar surface area (TPSA) is 121 Å². The first-order chi connectivity index (χ1) is 22.0. The maximum atomic E-state index is 14.3. The van der Waals surface area contributed by atoms with Gasteiger partial charge in [-0.05, 0) is 100 Å². The number of nitrogens with one attached hydrogen (secondary N) is 1. The largest absolute Gasteiger partial charge is 0.490 e. The third-order valence-corrected chi connectivity index (χ3v) is 9.77. The van der Waals surface area contributed by atoms with E-state index in [1.807, 2.05) is 26.1 Å². The summed E-state index contributed by atoms with van der Waals surface area (Å²) >= 11 is 5.95. The number of aromatic nitrogens is 1. The number of halogens is 1. The minimum Gasteiger partial charge on any atom is -0.490 e. The van der Waals surface area contributed by atoms with Gasteiger partial charge >= 0.3 is 0 Å². The quantitative estimate of drug-likeness (QED) is 0.307. The van der Waals surface area contributed by atoms with Crippen LogP contribution in [0.25, 0.3) is 0 Å².